The van der Waals surface area contributed by atoms with Crippen LogP contribution in [0.4, 0.5) is 0 Å². The molecule has 3 N–H and O–H groups in total. The van der Waals surface area contributed by atoms with Gasteiger partial charge in [-0.05, 0) is 31.1 Å². The second-order valence-corrected chi connectivity index (χ2v) is 6.95. The standard InChI is InChI=1S/C16H28N2O4/c1-9(2)5-6-17-15(20)13(7-10(3)4)18-14(19)11-8-12(11)16(21)22/h9-13H,5-8H2,1-4H3,(H,17,20)(H,18,19)(H,21,22). The lowest BCUT2D eigenvalue weighted by Crippen LogP contribution is -2.48. The highest BCUT2D eigenvalue weighted by atomic mass is 16.4. The first-order valence-electron chi connectivity index (χ1n) is 8.03. The van der Waals surface area contributed by atoms with Crippen LogP contribution in [0.2, 0.25) is 0 Å². The highest BCUT2D eigenvalue weighted by Gasteiger charge is 2.48. The van der Waals surface area contributed by atoms with Crippen LogP contribution in [0.25, 0.3) is 0 Å². The molecule has 0 spiro atoms. The molecule has 1 aliphatic carbocycles. The van der Waals surface area contributed by atoms with Crippen molar-refractivity contribution < 1.29 is 19.5 Å². The largest absolute Gasteiger partial charge is 0.481 e. The molecule has 0 heterocycles. The SMILES string of the molecule is CC(C)CCNC(=O)C(CC(C)C)NC(=O)C1CC1C(=O)O. The van der Waals surface area contributed by atoms with Gasteiger partial charge in [0.2, 0.25) is 11.8 Å². The van der Waals surface area contributed by atoms with E-state index in [9.17, 15) is 14.4 Å². The summed E-state index contributed by atoms with van der Waals surface area (Å²) in [5.41, 5.74) is 0. The molecule has 1 fully saturated rings. The number of hydrogen-bond donors (Lipinski definition) is 3. The zero-order valence-corrected chi connectivity index (χ0v) is 13.9. The molecule has 0 bridgehead atoms. The summed E-state index contributed by atoms with van der Waals surface area (Å²) in [5.74, 6) is -1.77. The fraction of sp³-hybridized carbons (Fsp3) is 0.812. The molecule has 3 atom stereocenters. The Morgan fingerprint density at radius 3 is 2.18 bits per heavy atom. The molecule has 6 heteroatoms. The number of rotatable bonds is 9. The van der Waals surface area contributed by atoms with Gasteiger partial charge in [0.1, 0.15) is 6.04 Å². The molecule has 1 saturated carbocycles. The molecule has 2 amide bonds. The Kier molecular flexibility index (Phi) is 6.84. The van der Waals surface area contributed by atoms with E-state index in [0.717, 1.165) is 6.42 Å². The molecule has 1 aliphatic rings. The van der Waals surface area contributed by atoms with E-state index >= 15 is 0 Å². The summed E-state index contributed by atoms with van der Waals surface area (Å²) < 4.78 is 0. The first-order valence-corrected chi connectivity index (χ1v) is 8.03. The van der Waals surface area contributed by atoms with Gasteiger partial charge < -0.3 is 15.7 Å². The number of carbonyl (C=O) groups excluding carboxylic acids is 2. The second-order valence-electron chi connectivity index (χ2n) is 6.95. The van der Waals surface area contributed by atoms with E-state index in [-0.39, 0.29) is 17.7 Å². The van der Waals surface area contributed by atoms with Crippen molar-refractivity contribution >= 4 is 17.8 Å². The molecule has 126 valence electrons. The normalized spacial score (nSPS) is 21.5. The molecule has 22 heavy (non-hydrogen) atoms. The fourth-order valence-corrected chi connectivity index (χ4v) is 2.35. The maximum absolute atomic E-state index is 12.2. The number of carbonyl (C=O) groups is 3. The zero-order valence-electron chi connectivity index (χ0n) is 13.9. The molecule has 0 radical (unpaired) electrons. The van der Waals surface area contributed by atoms with Gasteiger partial charge in [0.15, 0.2) is 0 Å². The Morgan fingerprint density at radius 1 is 1.09 bits per heavy atom. The van der Waals surface area contributed by atoms with Crippen LogP contribution >= 0.6 is 0 Å². The second kappa shape index (κ2) is 8.15. The molecule has 0 aromatic carbocycles. The first-order chi connectivity index (χ1) is 10.2. The van der Waals surface area contributed by atoms with Crippen molar-refractivity contribution in [3.05, 3.63) is 0 Å². The Bertz CT molecular complexity index is 420. The van der Waals surface area contributed by atoms with Crippen molar-refractivity contribution in [2.24, 2.45) is 23.7 Å². The summed E-state index contributed by atoms with van der Waals surface area (Å²) in [6.45, 7) is 8.72. The Labute approximate surface area is 132 Å². The van der Waals surface area contributed by atoms with E-state index < -0.39 is 23.8 Å². The van der Waals surface area contributed by atoms with Crippen LogP contribution in [0.1, 0.15) is 47.0 Å². The number of carboxylic acid groups (broad SMARTS) is 1. The van der Waals surface area contributed by atoms with Crippen molar-refractivity contribution in [1.82, 2.24) is 10.6 Å². The number of amides is 2. The molecule has 0 saturated heterocycles. The van der Waals surface area contributed by atoms with Crippen LogP contribution in [0.15, 0.2) is 0 Å². The smallest absolute Gasteiger partial charge is 0.307 e. The van der Waals surface area contributed by atoms with Gasteiger partial charge in [-0.15, -0.1) is 0 Å². The molecule has 0 aromatic heterocycles. The fourth-order valence-electron chi connectivity index (χ4n) is 2.35. The van der Waals surface area contributed by atoms with E-state index in [1.165, 1.54) is 0 Å². The van der Waals surface area contributed by atoms with E-state index in [0.29, 0.717) is 25.3 Å². The molecular weight excluding hydrogens is 284 g/mol. The summed E-state index contributed by atoms with van der Waals surface area (Å²) in [5, 5.41) is 14.4. The van der Waals surface area contributed by atoms with E-state index in [2.05, 4.69) is 24.5 Å². The molecule has 6 nitrogen and oxygen atoms in total. The first kappa shape index (κ1) is 18.5. The predicted octanol–water partition coefficient (Wildman–Crippen LogP) is 1.40. The summed E-state index contributed by atoms with van der Waals surface area (Å²) in [6.07, 6.45) is 1.80. The van der Waals surface area contributed by atoms with Crippen molar-refractivity contribution in [2.75, 3.05) is 6.54 Å². The Morgan fingerprint density at radius 2 is 1.73 bits per heavy atom. The van der Waals surface area contributed by atoms with Crippen molar-refractivity contribution in [3.63, 3.8) is 0 Å². The van der Waals surface area contributed by atoms with E-state index in [4.69, 9.17) is 5.11 Å². The average Bonchev–Trinajstić information content (AvgIpc) is 3.16. The molecule has 1 rings (SSSR count). The van der Waals surface area contributed by atoms with Gasteiger partial charge in [-0.2, -0.15) is 0 Å². The quantitative estimate of drug-likeness (QED) is 0.599. The number of carboxylic acids is 1. The van der Waals surface area contributed by atoms with Gasteiger partial charge >= 0.3 is 5.97 Å². The Hall–Kier alpha value is -1.59. The minimum atomic E-state index is -0.943. The Balaban J connectivity index is 2.51. The van der Waals surface area contributed by atoms with E-state index in [1.54, 1.807) is 0 Å². The number of aliphatic carboxylic acids is 1. The summed E-state index contributed by atoms with van der Waals surface area (Å²) >= 11 is 0. The molecule has 0 aromatic rings. The van der Waals surface area contributed by atoms with Gasteiger partial charge in [-0.1, -0.05) is 27.7 Å². The van der Waals surface area contributed by atoms with Gasteiger partial charge in [-0.25, -0.2) is 0 Å². The molecular formula is C16H28N2O4. The summed E-state index contributed by atoms with van der Waals surface area (Å²) in [7, 11) is 0. The lowest BCUT2D eigenvalue weighted by Gasteiger charge is -2.20. The van der Waals surface area contributed by atoms with Crippen LogP contribution < -0.4 is 10.6 Å². The third-order valence-corrected chi connectivity index (χ3v) is 3.81. The lowest BCUT2D eigenvalue weighted by molar-refractivity contribution is -0.140. The predicted molar refractivity (Wildman–Crippen MR) is 83.1 cm³/mol. The monoisotopic (exact) mass is 312 g/mol. The third kappa shape index (κ3) is 6.03. The third-order valence-electron chi connectivity index (χ3n) is 3.81. The topological polar surface area (TPSA) is 95.5 Å². The maximum atomic E-state index is 12.2. The summed E-state index contributed by atoms with van der Waals surface area (Å²) in [4.78, 5) is 35.1. The van der Waals surface area contributed by atoms with Crippen molar-refractivity contribution in [2.45, 2.75) is 53.0 Å². The van der Waals surface area contributed by atoms with Gasteiger partial charge in [0.25, 0.3) is 0 Å². The average molecular weight is 312 g/mol. The minimum absolute atomic E-state index is 0.185. The van der Waals surface area contributed by atoms with Gasteiger partial charge in [0.05, 0.1) is 11.8 Å². The van der Waals surface area contributed by atoms with Crippen LogP contribution in [0.5, 0.6) is 0 Å². The summed E-state index contributed by atoms with van der Waals surface area (Å²) in [6, 6.07) is -0.588. The molecule has 3 unspecified atom stereocenters. The van der Waals surface area contributed by atoms with Crippen LogP contribution in [0.3, 0.4) is 0 Å². The minimum Gasteiger partial charge on any atom is -0.481 e. The number of hydrogen-bond acceptors (Lipinski definition) is 3. The van der Waals surface area contributed by atoms with Crippen molar-refractivity contribution in [3.8, 4) is 0 Å². The van der Waals surface area contributed by atoms with Crippen LogP contribution in [0, 0.1) is 23.7 Å². The van der Waals surface area contributed by atoms with Crippen molar-refractivity contribution in [1.29, 1.82) is 0 Å². The maximum Gasteiger partial charge on any atom is 0.307 e. The molecule has 0 aliphatic heterocycles. The van der Waals surface area contributed by atoms with Gasteiger partial charge in [-0.3, -0.25) is 14.4 Å². The van der Waals surface area contributed by atoms with Crippen LogP contribution in [-0.4, -0.2) is 35.5 Å². The van der Waals surface area contributed by atoms with Crippen LogP contribution in [-0.2, 0) is 14.4 Å². The zero-order chi connectivity index (χ0) is 16.9. The lowest BCUT2D eigenvalue weighted by atomic mass is 10.0. The highest BCUT2D eigenvalue weighted by Crippen LogP contribution is 2.38. The van der Waals surface area contributed by atoms with Gasteiger partial charge in [0, 0.05) is 6.54 Å². The number of nitrogens with one attached hydrogen (secondary N) is 2. The van der Waals surface area contributed by atoms with E-state index in [1.807, 2.05) is 13.8 Å². The highest BCUT2D eigenvalue weighted by molar-refractivity contribution is 5.93.